The van der Waals surface area contributed by atoms with E-state index >= 15 is 0 Å². The fourth-order valence-electron chi connectivity index (χ4n) is 3.55. The molecule has 0 aromatic heterocycles. The SMILES string of the molecule is C/C(=N\OCCO/N=C(\C)c1ccc2ccccc2c1O)c1ccc2ccccc2c1O. The van der Waals surface area contributed by atoms with Crippen LogP contribution in [0.3, 0.4) is 0 Å². The Morgan fingerprint density at radius 1 is 0.625 bits per heavy atom. The lowest BCUT2D eigenvalue weighted by molar-refractivity contribution is 0.0539. The van der Waals surface area contributed by atoms with Gasteiger partial charge in [-0.3, -0.25) is 0 Å². The lowest BCUT2D eigenvalue weighted by Crippen LogP contribution is -2.03. The van der Waals surface area contributed by atoms with Crippen LogP contribution < -0.4 is 0 Å². The van der Waals surface area contributed by atoms with Crippen LogP contribution in [0.5, 0.6) is 11.5 Å². The largest absolute Gasteiger partial charge is 0.507 e. The molecule has 6 nitrogen and oxygen atoms in total. The number of oxime groups is 2. The number of phenolic OH excluding ortho intramolecular Hbond substituents is 2. The number of rotatable bonds is 7. The Labute approximate surface area is 186 Å². The third-order valence-electron chi connectivity index (χ3n) is 5.25. The standard InChI is InChI=1S/C26H24N2O4/c1-17(21-13-11-19-7-3-5-9-23(19)25(21)29)27-31-15-16-32-28-18(2)22-14-12-20-8-4-6-10-24(20)26(22)30/h3-14,29-30H,15-16H2,1-2H3/b27-17+,28-18+. The van der Waals surface area contributed by atoms with E-state index in [4.69, 9.17) is 9.68 Å². The minimum Gasteiger partial charge on any atom is -0.507 e. The van der Waals surface area contributed by atoms with Crippen molar-refractivity contribution < 1.29 is 19.9 Å². The molecule has 162 valence electrons. The number of hydrogen-bond acceptors (Lipinski definition) is 6. The van der Waals surface area contributed by atoms with Crippen molar-refractivity contribution in [3.8, 4) is 11.5 Å². The smallest absolute Gasteiger partial charge is 0.153 e. The summed E-state index contributed by atoms with van der Waals surface area (Å²) in [5, 5.41) is 32.6. The highest BCUT2D eigenvalue weighted by Gasteiger charge is 2.10. The zero-order chi connectivity index (χ0) is 22.5. The van der Waals surface area contributed by atoms with Gasteiger partial charge in [0.05, 0.1) is 11.4 Å². The summed E-state index contributed by atoms with van der Waals surface area (Å²) in [4.78, 5) is 10.6. The molecule has 0 fully saturated rings. The highest BCUT2D eigenvalue weighted by Crippen LogP contribution is 2.30. The minimum absolute atomic E-state index is 0.180. The molecule has 0 saturated heterocycles. The molecule has 6 heteroatoms. The normalized spacial score (nSPS) is 12.3. The van der Waals surface area contributed by atoms with E-state index in [1.165, 1.54) is 0 Å². The van der Waals surface area contributed by atoms with E-state index in [2.05, 4.69) is 10.3 Å². The second-order valence-corrected chi connectivity index (χ2v) is 7.39. The first-order valence-corrected chi connectivity index (χ1v) is 10.3. The molecule has 0 aliphatic rings. The minimum atomic E-state index is 0.180. The molecule has 4 rings (SSSR count). The molecule has 0 aliphatic carbocycles. The quantitative estimate of drug-likeness (QED) is 0.228. The number of hydrogen-bond donors (Lipinski definition) is 2. The van der Waals surface area contributed by atoms with Crippen molar-refractivity contribution in [1.82, 2.24) is 0 Å². The molecule has 4 aromatic rings. The van der Waals surface area contributed by atoms with Gasteiger partial charge in [0.15, 0.2) is 13.2 Å². The molecule has 0 atom stereocenters. The van der Waals surface area contributed by atoms with Crippen LogP contribution in [-0.2, 0) is 9.68 Å². The molecule has 0 spiro atoms. The Morgan fingerprint density at radius 2 is 1.03 bits per heavy atom. The molecule has 0 saturated carbocycles. The molecule has 2 N–H and O–H groups in total. The summed E-state index contributed by atoms with van der Waals surface area (Å²) in [7, 11) is 0. The van der Waals surface area contributed by atoms with Crippen LogP contribution in [0.2, 0.25) is 0 Å². The molecule has 0 aliphatic heterocycles. The fraction of sp³-hybridized carbons (Fsp3) is 0.154. The summed E-state index contributed by atoms with van der Waals surface area (Å²) < 4.78 is 0. The number of nitrogens with zero attached hydrogens (tertiary/aromatic N) is 2. The second-order valence-electron chi connectivity index (χ2n) is 7.39. The molecular formula is C26H24N2O4. The number of benzene rings is 4. The Morgan fingerprint density at radius 3 is 1.47 bits per heavy atom. The van der Waals surface area contributed by atoms with Gasteiger partial charge in [-0.25, -0.2) is 0 Å². The van der Waals surface area contributed by atoms with Gasteiger partial charge in [0, 0.05) is 21.9 Å². The predicted molar refractivity (Wildman–Crippen MR) is 128 cm³/mol. The van der Waals surface area contributed by atoms with Crippen molar-refractivity contribution >= 4 is 33.0 Å². The predicted octanol–water partition coefficient (Wildman–Crippen LogP) is 5.59. The van der Waals surface area contributed by atoms with E-state index in [-0.39, 0.29) is 24.7 Å². The summed E-state index contributed by atoms with van der Waals surface area (Å²) in [5.74, 6) is 0.360. The van der Waals surface area contributed by atoms with E-state index < -0.39 is 0 Å². The van der Waals surface area contributed by atoms with Gasteiger partial charge in [-0.15, -0.1) is 0 Å². The molecule has 4 aromatic carbocycles. The van der Waals surface area contributed by atoms with Gasteiger partial charge in [-0.2, -0.15) is 0 Å². The maximum atomic E-state index is 10.5. The van der Waals surface area contributed by atoms with Crippen LogP contribution >= 0.6 is 0 Å². The zero-order valence-electron chi connectivity index (χ0n) is 17.9. The maximum Gasteiger partial charge on any atom is 0.153 e. The number of fused-ring (bicyclic) bond motifs is 2. The van der Waals surface area contributed by atoms with Crippen molar-refractivity contribution in [3.05, 3.63) is 83.9 Å². The van der Waals surface area contributed by atoms with Gasteiger partial charge < -0.3 is 19.9 Å². The van der Waals surface area contributed by atoms with Crippen LogP contribution in [-0.4, -0.2) is 34.9 Å². The van der Waals surface area contributed by atoms with Gasteiger partial charge in [-0.1, -0.05) is 71.0 Å². The van der Waals surface area contributed by atoms with E-state index in [1.54, 1.807) is 13.8 Å². The maximum absolute atomic E-state index is 10.5. The summed E-state index contributed by atoms with van der Waals surface area (Å²) in [5.41, 5.74) is 2.36. The Bertz CT molecular complexity index is 1220. The summed E-state index contributed by atoms with van der Waals surface area (Å²) in [6.07, 6.45) is 0. The van der Waals surface area contributed by atoms with E-state index in [0.717, 1.165) is 21.5 Å². The van der Waals surface area contributed by atoms with E-state index in [9.17, 15) is 10.2 Å². The number of aromatic hydroxyl groups is 2. The highest BCUT2D eigenvalue weighted by atomic mass is 16.7. The zero-order valence-corrected chi connectivity index (χ0v) is 17.9. The third kappa shape index (κ3) is 4.34. The van der Waals surface area contributed by atoms with Gasteiger partial charge in [0.1, 0.15) is 11.5 Å². The molecular weight excluding hydrogens is 404 g/mol. The molecule has 0 amide bonds. The molecule has 0 unspecified atom stereocenters. The first-order chi connectivity index (χ1) is 15.6. The summed E-state index contributed by atoms with van der Waals surface area (Å²) >= 11 is 0. The van der Waals surface area contributed by atoms with Crippen molar-refractivity contribution in [2.24, 2.45) is 10.3 Å². The molecule has 32 heavy (non-hydrogen) atoms. The number of phenols is 2. The van der Waals surface area contributed by atoms with Crippen LogP contribution in [0.15, 0.2) is 83.1 Å². The first kappa shape index (κ1) is 21.2. The monoisotopic (exact) mass is 428 g/mol. The lowest BCUT2D eigenvalue weighted by Gasteiger charge is -2.08. The fourth-order valence-corrected chi connectivity index (χ4v) is 3.55. The lowest BCUT2D eigenvalue weighted by atomic mass is 10.0. The van der Waals surface area contributed by atoms with Crippen LogP contribution in [0.4, 0.5) is 0 Å². The van der Waals surface area contributed by atoms with Crippen LogP contribution in [0.1, 0.15) is 25.0 Å². The Hall–Kier alpha value is -4.06. The summed E-state index contributed by atoms with van der Waals surface area (Å²) in [6, 6.07) is 22.7. The van der Waals surface area contributed by atoms with Crippen molar-refractivity contribution in [3.63, 3.8) is 0 Å². The Balaban J connectivity index is 1.34. The second kappa shape index (κ2) is 9.39. The average molecular weight is 428 g/mol. The van der Waals surface area contributed by atoms with Crippen LogP contribution in [0.25, 0.3) is 21.5 Å². The molecule has 0 radical (unpaired) electrons. The van der Waals surface area contributed by atoms with Gasteiger partial charge in [0.25, 0.3) is 0 Å². The Kier molecular flexibility index (Phi) is 6.22. The van der Waals surface area contributed by atoms with Gasteiger partial charge >= 0.3 is 0 Å². The first-order valence-electron chi connectivity index (χ1n) is 10.3. The molecule has 0 bridgehead atoms. The topological polar surface area (TPSA) is 83.6 Å². The van der Waals surface area contributed by atoms with E-state index in [1.807, 2.05) is 72.8 Å². The van der Waals surface area contributed by atoms with E-state index in [0.29, 0.717) is 22.6 Å². The van der Waals surface area contributed by atoms with Crippen molar-refractivity contribution in [1.29, 1.82) is 0 Å². The van der Waals surface area contributed by atoms with Gasteiger partial charge in [-0.05, 0) is 36.8 Å². The highest BCUT2D eigenvalue weighted by molar-refractivity contribution is 6.06. The van der Waals surface area contributed by atoms with Crippen molar-refractivity contribution in [2.75, 3.05) is 13.2 Å². The van der Waals surface area contributed by atoms with Crippen LogP contribution in [0, 0.1) is 0 Å². The molecule has 0 heterocycles. The average Bonchev–Trinajstić information content (AvgIpc) is 2.82. The summed E-state index contributed by atoms with van der Waals surface area (Å²) in [6.45, 7) is 3.92. The van der Waals surface area contributed by atoms with Gasteiger partial charge in [0.2, 0.25) is 0 Å². The third-order valence-corrected chi connectivity index (χ3v) is 5.25. The van der Waals surface area contributed by atoms with Crippen molar-refractivity contribution in [2.45, 2.75) is 13.8 Å².